The zero-order valence-corrected chi connectivity index (χ0v) is 12.2. The van der Waals surface area contributed by atoms with E-state index in [1.54, 1.807) is 6.07 Å². The number of phenolic OH excluding ortho intramolecular Hbond substituents is 1. The summed E-state index contributed by atoms with van der Waals surface area (Å²) in [6, 6.07) is 4.36. The molecule has 0 aromatic heterocycles. The van der Waals surface area contributed by atoms with Crippen molar-refractivity contribution < 1.29 is 19.4 Å². The number of aromatic hydroxyl groups is 1. The third-order valence-corrected chi connectivity index (χ3v) is 3.94. The summed E-state index contributed by atoms with van der Waals surface area (Å²) in [5.41, 5.74) is 0.538. The fourth-order valence-corrected chi connectivity index (χ4v) is 2.74. The van der Waals surface area contributed by atoms with Gasteiger partial charge in [-0.05, 0) is 30.5 Å². The summed E-state index contributed by atoms with van der Waals surface area (Å²) in [6.07, 6.45) is 6.38. The van der Waals surface area contributed by atoms with Crippen LogP contribution in [-0.2, 0) is 9.53 Å². The molecule has 21 heavy (non-hydrogen) atoms. The highest BCUT2D eigenvalue weighted by Crippen LogP contribution is 2.28. The number of carbonyl (C=O) groups is 2. The van der Waals surface area contributed by atoms with Crippen LogP contribution in [0.25, 0.3) is 0 Å². The second-order valence-corrected chi connectivity index (χ2v) is 5.46. The number of hydrogen-bond acceptors (Lipinski definition) is 4. The van der Waals surface area contributed by atoms with Gasteiger partial charge < -0.3 is 15.2 Å². The first-order valence-corrected chi connectivity index (χ1v) is 7.31. The summed E-state index contributed by atoms with van der Waals surface area (Å²) in [6.45, 7) is 0. The van der Waals surface area contributed by atoms with Crippen molar-refractivity contribution in [1.82, 2.24) is 0 Å². The van der Waals surface area contributed by atoms with Gasteiger partial charge in [0.15, 0.2) is 0 Å². The molecule has 5 heteroatoms. The van der Waals surface area contributed by atoms with Gasteiger partial charge in [-0.15, -0.1) is 0 Å². The van der Waals surface area contributed by atoms with Gasteiger partial charge in [-0.25, -0.2) is 4.79 Å². The second-order valence-electron chi connectivity index (χ2n) is 5.46. The zero-order chi connectivity index (χ0) is 15.2. The molecule has 0 atom stereocenters. The summed E-state index contributed by atoms with van der Waals surface area (Å²) in [7, 11) is 1.24. The number of anilines is 1. The van der Waals surface area contributed by atoms with Crippen molar-refractivity contribution >= 4 is 17.6 Å². The second kappa shape index (κ2) is 7.11. The molecule has 1 aromatic carbocycles. The van der Waals surface area contributed by atoms with E-state index in [4.69, 9.17) is 0 Å². The average Bonchev–Trinajstić information content (AvgIpc) is 2.99. The predicted octanol–water partition coefficient (Wildman–Crippen LogP) is 3.09. The maximum absolute atomic E-state index is 11.9. The predicted molar refractivity (Wildman–Crippen MR) is 79.3 cm³/mol. The van der Waals surface area contributed by atoms with Crippen molar-refractivity contribution in [2.75, 3.05) is 12.4 Å². The number of amides is 1. The fraction of sp³-hybridized carbons (Fsp3) is 0.500. The van der Waals surface area contributed by atoms with Gasteiger partial charge in [-0.1, -0.05) is 25.7 Å². The molecule has 1 aromatic rings. The number of phenols is 1. The number of carbonyl (C=O) groups excluding carboxylic acids is 2. The molecule has 1 amide bonds. The summed E-state index contributed by atoms with van der Waals surface area (Å²) < 4.78 is 4.58. The van der Waals surface area contributed by atoms with Gasteiger partial charge in [0, 0.05) is 12.1 Å². The maximum Gasteiger partial charge on any atom is 0.341 e. The highest BCUT2D eigenvalue weighted by molar-refractivity contribution is 5.96. The van der Waals surface area contributed by atoms with Crippen LogP contribution >= 0.6 is 0 Å². The quantitative estimate of drug-likeness (QED) is 0.645. The third kappa shape index (κ3) is 4.21. The zero-order valence-electron chi connectivity index (χ0n) is 12.2. The van der Waals surface area contributed by atoms with Crippen LogP contribution in [0.4, 0.5) is 5.69 Å². The Kier molecular flexibility index (Phi) is 5.20. The molecule has 0 aliphatic heterocycles. The molecule has 0 unspecified atom stereocenters. The van der Waals surface area contributed by atoms with Gasteiger partial charge in [0.1, 0.15) is 11.3 Å². The number of ether oxygens (including phenoxy) is 1. The minimum absolute atomic E-state index is 0.0473. The highest BCUT2D eigenvalue weighted by Gasteiger charge is 2.17. The van der Waals surface area contributed by atoms with Gasteiger partial charge in [-0.2, -0.15) is 0 Å². The van der Waals surface area contributed by atoms with Gasteiger partial charge in [-0.3, -0.25) is 4.79 Å². The van der Waals surface area contributed by atoms with Crippen LogP contribution in [0.1, 0.15) is 48.9 Å². The number of methoxy groups -OCH3 is 1. The molecule has 2 N–H and O–H groups in total. The summed E-state index contributed by atoms with van der Waals surface area (Å²) in [5.74, 6) is -0.190. The van der Waals surface area contributed by atoms with Crippen LogP contribution in [0.15, 0.2) is 18.2 Å². The lowest BCUT2D eigenvalue weighted by Crippen LogP contribution is -2.13. The first kappa shape index (κ1) is 15.4. The molecular formula is C16H21NO4. The lowest BCUT2D eigenvalue weighted by atomic mass is 10.0. The Morgan fingerprint density at radius 1 is 1.33 bits per heavy atom. The Labute approximate surface area is 124 Å². The van der Waals surface area contributed by atoms with E-state index in [-0.39, 0.29) is 17.2 Å². The minimum atomic E-state index is -0.630. The maximum atomic E-state index is 11.9. The molecular weight excluding hydrogens is 270 g/mol. The molecule has 0 radical (unpaired) electrons. The number of rotatable bonds is 5. The van der Waals surface area contributed by atoms with E-state index in [2.05, 4.69) is 10.1 Å². The van der Waals surface area contributed by atoms with Gasteiger partial charge in [0.05, 0.1) is 7.11 Å². The fourth-order valence-electron chi connectivity index (χ4n) is 2.74. The van der Waals surface area contributed by atoms with Crippen LogP contribution in [0.2, 0.25) is 0 Å². The van der Waals surface area contributed by atoms with E-state index in [0.29, 0.717) is 18.0 Å². The molecule has 0 bridgehead atoms. The molecule has 5 nitrogen and oxygen atoms in total. The van der Waals surface area contributed by atoms with Crippen LogP contribution in [0.5, 0.6) is 5.75 Å². The summed E-state index contributed by atoms with van der Waals surface area (Å²) in [4.78, 5) is 23.4. The Morgan fingerprint density at radius 2 is 2.05 bits per heavy atom. The number of nitrogens with one attached hydrogen (secondary N) is 1. The largest absolute Gasteiger partial charge is 0.507 e. The molecule has 1 aliphatic rings. The molecule has 114 valence electrons. The van der Waals surface area contributed by atoms with E-state index in [0.717, 1.165) is 6.42 Å². The normalized spacial score (nSPS) is 14.9. The lowest BCUT2D eigenvalue weighted by Gasteiger charge is -2.10. The lowest BCUT2D eigenvalue weighted by molar-refractivity contribution is -0.116. The number of benzene rings is 1. The molecule has 0 saturated heterocycles. The van der Waals surface area contributed by atoms with Crippen molar-refractivity contribution in [2.24, 2.45) is 5.92 Å². The Hall–Kier alpha value is -2.04. The standard InChI is InChI=1S/C16H21NO4/c1-21-16(20)13-10-12(7-8-14(13)18)17-15(19)9-6-11-4-2-3-5-11/h7-8,10-11,18H,2-6,9H2,1H3,(H,17,19). The van der Waals surface area contributed by atoms with Gasteiger partial charge in [0.25, 0.3) is 0 Å². The average molecular weight is 291 g/mol. The Balaban J connectivity index is 1.92. The van der Waals surface area contributed by atoms with Crippen LogP contribution in [0, 0.1) is 5.92 Å². The third-order valence-electron chi connectivity index (χ3n) is 3.94. The molecule has 1 aliphatic carbocycles. The van der Waals surface area contributed by atoms with E-state index in [1.807, 2.05) is 0 Å². The van der Waals surface area contributed by atoms with Gasteiger partial charge in [0.2, 0.25) is 5.91 Å². The first-order valence-electron chi connectivity index (χ1n) is 7.31. The van der Waals surface area contributed by atoms with Gasteiger partial charge >= 0.3 is 5.97 Å². The van der Waals surface area contributed by atoms with Crippen molar-refractivity contribution in [2.45, 2.75) is 38.5 Å². The first-order chi connectivity index (χ1) is 10.1. The van der Waals surface area contributed by atoms with Crippen molar-refractivity contribution in [1.29, 1.82) is 0 Å². The Morgan fingerprint density at radius 3 is 2.71 bits per heavy atom. The minimum Gasteiger partial charge on any atom is -0.507 e. The summed E-state index contributed by atoms with van der Waals surface area (Å²) in [5, 5.41) is 12.4. The molecule has 0 spiro atoms. The summed E-state index contributed by atoms with van der Waals surface area (Å²) >= 11 is 0. The SMILES string of the molecule is COC(=O)c1cc(NC(=O)CCC2CCCC2)ccc1O. The van der Waals surface area contributed by atoms with E-state index in [9.17, 15) is 14.7 Å². The molecule has 2 rings (SSSR count). The van der Waals surface area contributed by atoms with Crippen LogP contribution in [0.3, 0.4) is 0 Å². The molecule has 0 heterocycles. The van der Waals surface area contributed by atoms with E-state index in [1.165, 1.54) is 44.9 Å². The van der Waals surface area contributed by atoms with Crippen molar-refractivity contribution in [3.05, 3.63) is 23.8 Å². The smallest absolute Gasteiger partial charge is 0.341 e. The highest BCUT2D eigenvalue weighted by atomic mass is 16.5. The van der Waals surface area contributed by atoms with Crippen LogP contribution in [-0.4, -0.2) is 24.1 Å². The van der Waals surface area contributed by atoms with Crippen molar-refractivity contribution in [3.63, 3.8) is 0 Å². The van der Waals surface area contributed by atoms with Crippen molar-refractivity contribution in [3.8, 4) is 5.75 Å². The van der Waals surface area contributed by atoms with E-state index >= 15 is 0 Å². The van der Waals surface area contributed by atoms with E-state index < -0.39 is 5.97 Å². The number of hydrogen-bond donors (Lipinski definition) is 2. The van der Waals surface area contributed by atoms with Crippen LogP contribution < -0.4 is 5.32 Å². The molecule has 1 saturated carbocycles. The topological polar surface area (TPSA) is 75.6 Å². The number of esters is 1. The molecule has 1 fully saturated rings. The monoisotopic (exact) mass is 291 g/mol. The Bertz CT molecular complexity index is 521.